The highest BCUT2D eigenvalue weighted by atomic mass is 35.5. The van der Waals surface area contributed by atoms with Gasteiger partial charge in [-0.15, -0.1) is 0 Å². The summed E-state index contributed by atoms with van der Waals surface area (Å²) in [6.07, 6.45) is 0.275. The number of halogens is 1. The molecule has 120 valence electrons. The van der Waals surface area contributed by atoms with Crippen LogP contribution < -0.4 is 10.2 Å². The van der Waals surface area contributed by atoms with Crippen molar-refractivity contribution in [2.75, 3.05) is 24.6 Å². The summed E-state index contributed by atoms with van der Waals surface area (Å²) in [7, 11) is 0. The Morgan fingerprint density at radius 2 is 2.27 bits per heavy atom. The Bertz CT molecular complexity index is 548. The first-order valence-electron chi connectivity index (χ1n) is 7.40. The van der Waals surface area contributed by atoms with Crippen LogP contribution in [0.4, 0.5) is 5.69 Å². The number of carbonyl (C=O) groups excluding carboxylic acids is 2. The van der Waals surface area contributed by atoms with Crippen molar-refractivity contribution in [1.82, 2.24) is 5.32 Å². The van der Waals surface area contributed by atoms with E-state index in [0.717, 1.165) is 5.69 Å². The number of anilines is 1. The van der Waals surface area contributed by atoms with Crippen LogP contribution >= 0.6 is 11.6 Å². The first kappa shape index (κ1) is 16.8. The summed E-state index contributed by atoms with van der Waals surface area (Å²) in [5.74, 6) is 0.216. The molecule has 2 rings (SSSR count). The van der Waals surface area contributed by atoms with Crippen molar-refractivity contribution >= 4 is 29.1 Å². The molecule has 1 heterocycles. The van der Waals surface area contributed by atoms with Gasteiger partial charge in [-0.05, 0) is 24.1 Å². The molecule has 22 heavy (non-hydrogen) atoms. The summed E-state index contributed by atoms with van der Waals surface area (Å²) >= 11 is 5.97. The lowest BCUT2D eigenvalue weighted by Gasteiger charge is -2.33. The molecular formula is C16H21ClN2O3. The van der Waals surface area contributed by atoms with Crippen LogP contribution in [0, 0.1) is 5.92 Å². The van der Waals surface area contributed by atoms with Gasteiger partial charge in [0, 0.05) is 23.7 Å². The van der Waals surface area contributed by atoms with E-state index in [1.807, 2.05) is 19.9 Å². The summed E-state index contributed by atoms with van der Waals surface area (Å²) in [4.78, 5) is 25.3. The third-order valence-electron chi connectivity index (χ3n) is 3.37. The summed E-state index contributed by atoms with van der Waals surface area (Å²) in [5.41, 5.74) is 0.749. The fourth-order valence-electron chi connectivity index (χ4n) is 2.31. The van der Waals surface area contributed by atoms with E-state index < -0.39 is 0 Å². The van der Waals surface area contributed by atoms with Crippen LogP contribution in [0.15, 0.2) is 24.3 Å². The van der Waals surface area contributed by atoms with Gasteiger partial charge >= 0.3 is 0 Å². The molecule has 1 aliphatic rings. The Kier molecular flexibility index (Phi) is 5.80. The zero-order valence-electron chi connectivity index (χ0n) is 12.8. The van der Waals surface area contributed by atoms with E-state index in [2.05, 4.69) is 5.32 Å². The molecule has 0 aromatic heterocycles. The average Bonchev–Trinajstić information content (AvgIpc) is 2.45. The second-order valence-electron chi connectivity index (χ2n) is 5.82. The Morgan fingerprint density at radius 3 is 2.95 bits per heavy atom. The van der Waals surface area contributed by atoms with Crippen molar-refractivity contribution in [3.63, 3.8) is 0 Å². The maximum atomic E-state index is 12.0. The van der Waals surface area contributed by atoms with Gasteiger partial charge in [0.25, 0.3) is 5.91 Å². The van der Waals surface area contributed by atoms with Gasteiger partial charge in [-0.2, -0.15) is 0 Å². The molecule has 1 unspecified atom stereocenters. The maximum absolute atomic E-state index is 12.0. The van der Waals surface area contributed by atoms with Gasteiger partial charge in [0.15, 0.2) is 0 Å². The molecule has 0 bridgehead atoms. The monoisotopic (exact) mass is 324 g/mol. The molecule has 1 saturated heterocycles. The number of amides is 2. The molecule has 1 aromatic carbocycles. The largest absolute Gasteiger partial charge is 0.365 e. The fourth-order valence-corrected chi connectivity index (χ4v) is 2.50. The van der Waals surface area contributed by atoms with E-state index in [4.69, 9.17) is 16.3 Å². The third kappa shape index (κ3) is 4.71. The number of carbonyl (C=O) groups is 2. The number of nitrogens with one attached hydrogen (secondary N) is 1. The van der Waals surface area contributed by atoms with E-state index in [1.54, 1.807) is 23.1 Å². The molecule has 0 spiro atoms. The molecule has 5 nitrogen and oxygen atoms in total. The van der Waals surface area contributed by atoms with Crippen LogP contribution in [0.2, 0.25) is 5.02 Å². The minimum absolute atomic E-state index is 0.00445. The molecule has 1 atom stereocenters. The predicted octanol–water partition coefficient (Wildman–Crippen LogP) is 2.23. The van der Waals surface area contributed by atoms with Gasteiger partial charge in [-0.25, -0.2) is 0 Å². The Labute approximate surface area is 135 Å². The quantitative estimate of drug-likeness (QED) is 0.903. The van der Waals surface area contributed by atoms with Gasteiger partial charge in [-0.1, -0.05) is 31.5 Å². The third-order valence-corrected chi connectivity index (χ3v) is 3.61. The van der Waals surface area contributed by atoms with Crippen LogP contribution in [0.1, 0.15) is 20.3 Å². The zero-order valence-corrected chi connectivity index (χ0v) is 13.6. The molecule has 1 aliphatic heterocycles. The zero-order chi connectivity index (χ0) is 16.1. The number of ether oxygens (including phenoxy) is 1. The SMILES string of the molecule is CC(C)CC(=O)NCC1CN(c2cccc(Cl)c2)C(=O)CO1. The Balaban J connectivity index is 1.93. The van der Waals surface area contributed by atoms with Crippen molar-refractivity contribution in [3.8, 4) is 0 Å². The van der Waals surface area contributed by atoms with Crippen molar-refractivity contribution in [1.29, 1.82) is 0 Å². The lowest BCUT2D eigenvalue weighted by atomic mass is 10.1. The van der Waals surface area contributed by atoms with Gasteiger partial charge in [0.1, 0.15) is 6.61 Å². The lowest BCUT2D eigenvalue weighted by Crippen LogP contribution is -2.50. The molecule has 6 heteroatoms. The normalized spacial score (nSPS) is 18.6. The highest BCUT2D eigenvalue weighted by Crippen LogP contribution is 2.22. The molecule has 1 fully saturated rings. The van der Waals surface area contributed by atoms with Crippen molar-refractivity contribution in [2.45, 2.75) is 26.4 Å². The standard InChI is InChI=1S/C16H21ClN2O3/c1-11(2)6-15(20)18-8-14-9-19(16(21)10-22-14)13-5-3-4-12(17)7-13/h3-5,7,11,14H,6,8-10H2,1-2H3,(H,18,20). The first-order chi connectivity index (χ1) is 10.5. The second-order valence-corrected chi connectivity index (χ2v) is 6.26. The van der Waals surface area contributed by atoms with E-state index >= 15 is 0 Å². The highest BCUT2D eigenvalue weighted by Gasteiger charge is 2.27. The predicted molar refractivity (Wildman–Crippen MR) is 86.0 cm³/mol. The summed E-state index contributed by atoms with van der Waals surface area (Å²) in [6, 6.07) is 7.15. The summed E-state index contributed by atoms with van der Waals surface area (Å²) < 4.78 is 5.49. The number of nitrogens with zero attached hydrogens (tertiary/aromatic N) is 1. The second kappa shape index (κ2) is 7.61. The topological polar surface area (TPSA) is 58.6 Å². The molecular weight excluding hydrogens is 304 g/mol. The maximum Gasteiger partial charge on any atom is 0.253 e. The number of hydrogen-bond acceptors (Lipinski definition) is 3. The fraction of sp³-hybridized carbons (Fsp3) is 0.500. The van der Waals surface area contributed by atoms with E-state index in [1.165, 1.54) is 0 Å². The van der Waals surface area contributed by atoms with Crippen LogP contribution in [0.5, 0.6) is 0 Å². The van der Waals surface area contributed by atoms with E-state index in [9.17, 15) is 9.59 Å². The molecule has 1 aromatic rings. The number of benzene rings is 1. The molecule has 1 N–H and O–H groups in total. The van der Waals surface area contributed by atoms with Crippen LogP contribution in [0.25, 0.3) is 0 Å². The van der Waals surface area contributed by atoms with Crippen LogP contribution in [-0.4, -0.2) is 37.6 Å². The molecule has 0 saturated carbocycles. The smallest absolute Gasteiger partial charge is 0.253 e. The summed E-state index contributed by atoms with van der Waals surface area (Å²) in [5, 5.41) is 3.44. The highest BCUT2D eigenvalue weighted by molar-refractivity contribution is 6.30. The van der Waals surface area contributed by atoms with E-state index in [0.29, 0.717) is 30.5 Å². The molecule has 0 aliphatic carbocycles. The Hall–Kier alpha value is -1.59. The lowest BCUT2D eigenvalue weighted by molar-refractivity contribution is -0.129. The van der Waals surface area contributed by atoms with Crippen molar-refractivity contribution < 1.29 is 14.3 Å². The first-order valence-corrected chi connectivity index (χ1v) is 7.77. The van der Waals surface area contributed by atoms with Gasteiger partial charge in [-0.3, -0.25) is 9.59 Å². The molecule has 2 amide bonds. The van der Waals surface area contributed by atoms with Gasteiger partial charge < -0.3 is 15.0 Å². The number of hydrogen-bond donors (Lipinski definition) is 1. The minimum Gasteiger partial charge on any atom is -0.365 e. The number of morpholine rings is 1. The van der Waals surface area contributed by atoms with Gasteiger partial charge in [0.05, 0.1) is 12.6 Å². The summed E-state index contributed by atoms with van der Waals surface area (Å²) in [6.45, 7) is 4.81. The average molecular weight is 325 g/mol. The van der Waals surface area contributed by atoms with Crippen molar-refractivity contribution in [2.24, 2.45) is 5.92 Å². The van der Waals surface area contributed by atoms with Crippen LogP contribution in [0.3, 0.4) is 0 Å². The van der Waals surface area contributed by atoms with E-state index in [-0.39, 0.29) is 24.5 Å². The Morgan fingerprint density at radius 1 is 1.50 bits per heavy atom. The number of rotatable bonds is 5. The van der Waals surface area contributed by atoms with Gasteiger partial charge in [0.2, 0.25) is 5.91 Å². The minimum atomic E-state index is -0.215. The van der Waals surface area contributed by atoms with Crippen LogP contribution in [-0.2, 0) is 14.3 Å². The van der Waals surface area contributed by atoms with Crippen molar-refractivity contribution in [3.05, 3.63) is 29.3 Å². The molecule has 0 radical (unpaired) electrons.